The second-order valence-corrected chi connectivity index (χ2v) is 6.18. The van der Waals surface area contributed by atoms with Gasteiger partial charge >= 0.3 is 0 Å². The summed E-state index contributed by atoms with van der Waals surface area (Å²) in [4.78, 5) is 0. The maximum Gasteiger partial charge on any atom is 0.0164 e. The van der Waals surface area contributed by atoms with Crippen molar-refractivity contribution >= 4 is 0 Å². The van der Waals surface area contributed by atoms with Crippen LogP contribution in [-0.2, 0) is 0 Å². The zero-order valence-electron chi connectivity index (χ0n) is 18.1. The Morgan fingerprint density at radius 2 is 0.680 bits per heavy atom. The topological polar surface area (TPSA) is 72.2 Å². The van der Waals surface area contributed by atoms with Crippen molar-refractivity contribution in [2.24, 2.45) is 0 Å². The molecular formula is C19H48N6. The summed E-state index contributed by atoms with van der Waals surface area (Å²) in [7, 11) is 0. The van der Waals surface area contributed by atoms with Crippen molar-refractivity contribution in [1.29, 1.82) is 0 Å². The number of rotatable bonds is 0. The maximum absolute atomic E-state index is 3.32. The highest BCUT2D eigenvalue weighted by Crippen LogP contribution is 1.82. The summed E-state index contributed by atoms with van der Waals surface area (Å²) in [6.07, 6.45) is 0. The molecule has 3 saturated heterocycles. The highest BCUT2D eigenvalue weighted by Gasteiger charge is 2.04. The van der Waals surface area contributed by atoms with Gasteiger partial charge in [0.2, 0.25) is 0 Å². The summed E-state index contributed by atoms with van der Waals surface area (Å²) in [5.41, 5.74) is 0. The van der Waals surface area contributed by atoms with Crippen LogP contribution in [0.4, 0.5) is 0 Å². The van der Waals surface area contributed by atoms with Crippen LogP contribution in [-0.4, -0.2) is 77.0 Å². The number of hydrogen-bond donors (Lipinski definition) is 6. The molecule has 0 aromatic heterocycles. The molecule has 6 heteroatoms. The number of hydrogen-bond acceptors (Lipinski definition) is 6. The standard InChI is InChI=1S/3C5H12N2.2C2H6/c3*1-5-4-6-2-3-7-5;2*1-2/h3*5-7H,2-4H2,1H3;2*1-2H3/t5-;;;;/m1..../s1. The number of nitrogens with one attached hydrogen (secondary N) is 6. The van der Waals surface area contributed by atoms with E-state index in [1.807, 2.05) is 27.7 Å². The van der Waals surface area contributed by atoms with E-state index in [1.54, 1.807) is 0 Å². The molecule has 0 aromatic carbocycles. The molecule has 0 amide bonds. The zero-order valence-corrected chi connectivity index (χ0v) is 18.1. The Balaban J connectivity index is 0. The van der Waals surface area contributed by atoms with Gasteiger partial charge in [0.05, 0.1) is 0 Å². The lowest BCUT2D eigenvalue weighted by molar-refractivity contribution is 0.442. The van der Waals surface area contributed by atoms with Gasteiger partial charge < -0.3 is 31.9 Å². The van der Waals surface area contributed by atoms with Gasteiger partial charge in [-0.25, -0.2) is 0 Å². The first kappa shape index (κ1) is 27.0. The molecule has 25 heavy (non-hydrogen) atoms. The Morgan fingerprint density at radius 1 is 0.440 bits per heavy atom. The summed E-state index contributed by atoms with van der Waals surface area (Å²) in [6, 6.07) is 2.02. The normalized spacial score (nSPS) is 28.2. The average Bonchev–Trinajstić information content (AvgIpc) is 2.68. The van der Waals surface area contributed by atoms with E-state index in [2.05, 4.69) is 52.7 Å². The summed E-state index contributed by atoms with van der Waals surface area (Å²) in [5, 5.41) is 19.8. The van der Waals surface area contributed by atoms with E-state index in [-0.39, 0.29) is 0 Å². The van der Waals surface area contributed by atoms with Gasteiger partial charge in [0, 0.05) is 77.0 Å². The van der Waals surface area contributed by atoms with Crippen LogP contribution >= 0.6 is 0 Å². The summed E-state index contributed by atoms with van der Waals surface area (Å²) < 4.78 is 0. The average molecular weight is 361 g/mol. The molecule has 0 bridgehead atoms. The second-order valence-electron chi connectivity index (χ2n) is 6.18. The van der Waals surface area contributed by atoms with Gasteiger partial charge in [-0.2, -0.15) is 0 Å². The third-order valence-electron chi connectivity index (χ3n) is 3.74. The maximum atomic E-state index is 3.32. The van der Waals surface area contributed by atoms with Crippen LogP contribution in [0, 0.1) is 0 Å². The minimum atomic E-state index is 0.675. The Bertz CT molecular complexity index is 184. The van der Waals surface area contributed by atoms with Crippen LogP contribution in [0.5, 0.6) is 0 Å². The van der Waals surface area contributed by atoms with Crippen molar-refractivity contribution in [2.45, 2.75) is 66.6 Å². The van der Waals surface area contributed by atoms with Crippen LogP contribution in [0.3, 0.4) is 0 Å². The minimum absolute atomic E-state index is 0.675. The molecule has 3 atom stereocenters. The fourth-order valence-electron chi connectivity index (χ4n) is 2.39. The first-order valence-corrected chi connectivity index (χ1v) is 10.5. The van der Waals surface area contributed by atoms with Crippen LogP contribution < -0.4 is 31.9 Å². The van der Waals surface area contributed by atoms with E-state index in [4.69, 9.17) is 0 Å². The first-order valence-electron chi connectivity index (χ1n) is 10.5. The molecule has 0 saturated carbocycles. The molecule has 0 spiro atoms. The largest absolute Gasteiger partial charge is 0.314 e. The molecule has 3 aliphatic rings. The van der Waals surface area contributed by atoms with Crippen LogP contribution in [0.2, 0.25) is 0 Å². The molecule has 6 nitrogen and oxygen atoms in total. The lowest BCUT2D eigenvalue weighted by Crippen LogP contribution is -2.46. The van der Waals surface area contributed by atoms with Gasteiger partial charge in [-0.1, -0.05) is 27.7 Å². The Labute approximate surface area is 158 Å². The van der Waals surface area contributed by atoms with Gasteiger partial charge in [0.15, 0.2) is 0 Å². The van der Waals surface area contributed by atoms with Crippen LogP contribution in [0.15, 0.2) is 0 Å². The molecule has 3 aliphatic heterocycles. The van der Waals surface area contributed by atoms with Crippen LogP contribution in [0.25, 0.3) is 0 Å². The molecule has 3 fully saturated rings. The lowest BCUT2D eigenvalue weighted by Gasteiger charge is -2.19. The molecule has 3 rings (SSSR count). The Kier molecular flexibility index (Phi) is 23.5. The highest BCUT2D eigenvalue weighted by atomic mass is 15.1. The third kappa shape index (κ3) is 19.9. The fraction of sp³-hybridized carbons (Fsp3) is 1.00. The van der Waals surface area contributed by atoms with Crippen LogP contribution in [0.1, 0.15) is 48.5 Å². The van der Waals surface area contributed by atoms with Crippen molar-refractivity contribution < 1.29 is 0 Å². The summed E-state index contributed by atoms with van der Waals surface area (Å²) in [6.45, 7) is 24.7. The molecule has 2 unspecified atom stereocenters. The quantitative estimate of drug-likeness (QED) is 0.383. The van der Waals surface area contributed by atoms with E-state index in [1.165, 1.54) is 0 Å². The Hall–Kier alpha value is -0.240. The second kappa shape index (κ2) is 21.8. The fourth-order valence-corrected chi connectivity index (χ4v) is 2.39. The molecule has 154 valence electrons. The Morgan fingerprint density at radius 3 is 0.760 bits per heavy atom. The smallest absolute Gasteiger partial charge is 0.0164 e. The highest BCUT2D eigenvalue weighted by molar-refractivity contribution is 4.70. The molecule has 0 aliphatic carbocycles. The predicted octanol–water partition coefficient (Wildman–Crippen LogP) is 0.756. The van der Waals surface area contributed by atoms with Crippen molar-refractivity contribution in [3.8, 4) is 0 Å². The van der Waals surface area contributed by atoms with E-state index >= 15 is 0 Å². The molecular weight excluding hydrogens is 312 g/mol. The SMILES string of the molecule is CC.CC.CC1CNCCN1.CC1CNCCN1.C[C@@H]1CNCCN1. The van der Waals surface area contributed by atoms with E-state index in [0.717, 1.165) is 58.9 Å². The minimum Gasteiger partial charge on any atom is -0.314 e. The monoisotopic (exact) mass is 360 g/mol. The summed E-state index contributed by atoms with van der Waals surface area (Å²) >= 11 is 0. The van der Waals surface area contributed by atoms with Gasteiger partial charge in [-0.15, -0.1) is 0 Å². The van der Waals surface area contributed by atoms with Crippen molar-refractivity contribution in [3.05, 3.63) is 0 Å². The van der Waals surface area contributed by atoms with E-state index < -0.39 is 0 Å². The van der Waals surface area contributed by atoms with Gasteiger partial charge in [0.25, 0.3) is 0 Å². The van der Waals surface area contributed by atoms with Gasteiger partial charge in [-0.3, -0.25) is 0 Å². The van der Waals surface area contributed by atoms with Crippen molar-refractivity contribution in [1.82, 2.24) is 31.9 Å². The number of piperazine rings is 3. The molecule has 0 radical (unpaired) electrons. The molecule has 0 aromatic rings. The first-order chi connectivity index (χ1) is 12.2. The predicted molar refractivity (Wildman–Crippen MR) is 114 cm³/mol. The van der Waals surface area contributed by atoms with E-state index in [9.17, 15) is 0 Å². The van der Waals surface area contributed by atoms with Gasteiger partial charge in [0.1, 0.15) is 0 Å². The molecule has 3 heterocycles. The summed E-state index contributed by atoms with van der Waals surface area (Å²) in [5.74, 6) is 0. The van der Waals surface area contributed by atoms with E-state index in [0.29, 0.717) is 18.1 Å². The lowest BCUT2D eigenvalue weighted by atomic mass is 10.3. The van der Waals surface area contributed by atoms with Gasteiger partial charge in [-0.05, 0) is 20.8 Å². The third-order valence-corrected chi connectivity index (χ3v) is 3.74. The van der Waals surface area contributed by atoms with Crippen molar-refractivity contribution in [2.75, 3.05) is 58.9 Å². The zero-order chi connectivity index (χ0) is 19.3. The van der Waals surface area contributed by atoms with Crippen molar-refractivity contribution in [3.63, 3.8) is 0 Å². The molecule has 6 N–H and O–H groups in total.